The number of Topliss-reactive ketones (excluding diaryl/α,β-unsaturated/α-hetero) is 1. The quantitative estimate of drug-likeness (QED) is 0.681. The third-order valence-corrected chi connectivity index (χ3v) is 8.85. The number of halogens is 1. The summed E-state index contributed by atoms with van der Waals surface area (Å²) < 4.78 is 0. The van der Waals surface area contributed by atoms with Gasteiger partial charge < -0.3 is 10.6 Å². The van der Waals surface area contributed by atoms with Crippen LogP contribution in [0.2, 0.25) is 0 Å². The minimum Gasteiger partial charge on any atom is -0.353 e. The maximum absolute atomic E-state index is 13.5. The minimum absolute atomic E-state index is 0.0175. The zero-order valence-corrected chi connectivity index (χ0v) is 18.3. The molecule has 142 valence electrons. The molecule has 2 N–H and O–H groups in total. The Kier molecular flexibility index (Phi) is 4.11. The molecule has 0 aromatic rings. The molecule has 0 aromatic heterocycles. The van der Waals surface area contributed by atoms with E-state index in [2.05, 4.69) is 68.1 Å². The number of rotatable bonds is 2. The number of hydrogen-bond donors (Lipinski definition) is 2. The largest absolute Gasteiger partial charge is 0.353 e. The lowest BCUT2D eigenvalue weighted by atomic mass is 9.64. The van der Waals surface area contributed by atoms with Gasteiger partial charge in [0.1, 0.15) is 0 Å². The number of carbonyl (C=O) groups is 2. The number of hydrogen-bond acceptors (Lipinski definition) is 3. The second-order valence-corrected chi connectivity index (χ2v) is 11.5. The molecule has 3 atom stereocenters. The van der Waals surface area contributed by atoms with Crippen LogP contribution in [0.3, 0.4) is 0 Å². The standard InChI is InChI=1S/C20H33BrN2O2/c1-16(2)10-12(11-17(3,4)23-16)22-15(25)20-9-8-19(7,18(20,5)6)14(24)13(20)21/h12-13,23H,8-11H2,1-7H3,(H,22,25)/t13-,19-,20-/m0/s1. The molecule has 1 aliphatic heterocycles. The number of ketones is 1. The summed E-state index contributed by atoms with van der Waals surface area (Å²) in [5.41, 5.74) is -1.43. The topological polar surface area (TPSA) is 58.2 Å². The molecule has 0 aromatic carbocycles. The van der Waals surface area contributed by atoms with Crippen molar-refractivity contribution in [3.8, 4) is 0 Å². The summed E-state index contributed by atoms with van der Waals surface area (Å²) in [6.07, 6.45) is 3.38. The van der Waals surface area contributed by atoms with Crippen molar-refractivity contribution in [3.63, 3.8) is 0 Å². The molecular formula is C20H33BrN2O2. The van der Waals surface area contributed by atoms with Crippen LogP contribution in [0, 0.1) is 16.2 Å². The predicted octanol–water partition coefficient (Wildman–Crippen LogP) is 3.57. The van der Waals surface area contributed by atoms with Crippen molar-refractivity contribution in [2.24, 2.45) is 16.2 Å². The minimum atomic E-state index is -0.641. The van der Waals surface area contributed by atoms with Gasteiger partial charge in [0.25, 0.3) is 0 Å². The van der Waals surface area contributed by atoms with E-state index >= 15 is 0 Å². The highest BCUT2D eigenvalue weighted by Gasteiger charge is 2.76. The van der Waals surface area contributed by atoms with E-state index < -0.39 is 10.8 Å². The fourth-order valence-corrected chi connectivity index (χ4v) is 7.71. The summed E-state index contributed by atoms with van der Waals surface area (Å²) in [6, 6.07) is 0.131. The first kappa shape index (κ1) is 19.3. The molecule has 2 aliphatic carbocycles. The Bertz CT molecular complexity index is 611. The van der Waals surface area contributed by atoms with Gasteiger partial charge in [-0.25, -0.2) is 0 Å². The van der Waals surface area contributed by atoms with Gasteiger partial charge in [-0.3, -0.25) is 9.59 Å². The van der Waals surface area contributed by atoms with Gasteiger partial charge >= 0.3 is 0 Å². The van der Waals surface area contributed by atoms with Crippen LogP contribution in [0.15, 0.2) is 0 Å². The lowest BCUT2D eigenvalue weighted by Crippen LogP contribution is -2.63. The summed E-state index contributed by atoms with van der Waals surface area (Å²) in [6.45, 7) is 15.0. The van der Waals surface area contributed by atoms with Crippen LogP contribution in [-0.4, -0.2) is 33.6 Å². The number of fused-ring (bicyclic) bond motifs is 2. The molecule has 2 saturated carbocycles. The van der Waals surface area contributed by atoms with Gasteiger partial charge in [-0.15, -0.1) is 0 Å². The molecule has 25 heavy (non-hydrogen) atoms. The Labute approximate surface area is 160 Å². The summed E-state index contributed by atoms with van der Waals surface area (Å²) in [7, 11) is 0. The van der Waals surface area contributed by atoms with Gasteiger partial charge in [0, 0.05) is 22.5 Å². The molecule has 3 fully saturated rings. The van der Waals surface area contributed by atoms with E-state index in [-0.39, 0.29) is 39.1 Å². The smallest absolute Gasteiger partial charge is 0.228 e. The molecule has 1 heterocycles. The van der Waals surface area contributed by atoms with Crippen molar-refractivity contribution >= 4 is 27.6 Å². The number of piperidine rings is 1. The van der Waals surface area contributed by atoms with Gasteiger partial charge in [0.15, 0.2) is 5.78 Å². The zero-order chi connectivity index (χ0) is 19.1. The van der Waals surface area contributed by atoms with Gasteiger partial charge in [-0.2, -0.15) is 0 Å². The Hall–Kier alpha value is -0.420. The van der Waals surface area contributed by atoms with Gasteiger partial charge in [-0.05, 0) is 58.8 Å². The number of carbonyl (C=O) groups excluding carboxylic acids is 2. The van der Waals surface area contributed by atoms with Crippen molar-refractivity contribution in [1.82, 2.24) is 10.6 Å². The Morgan fingerprint density at radius 3 is 2.00 bits per heavy atom. The van der Waals surface area contributed by atoms with E-state index in [0.717, 1.165) is 25.7 Å². The molecule has 3 aliphatic rings. The lowest BCUT2D eigenvalue weighted by Gasteiger charge is -2.48. The second-order valence-electron chi connectivity index (χ2n) is 10.6. The van der Waals surface area contributed by atoms with Crippen molar-refractivity contribution in [2.75, 3.05) is 0 Å². The molecule has 0 spiro atoms. The van der Waals surface area contributed by atoms with Gasteiger partial charge in [0.2, 0.25) is 5.91 Å². The number of amides is 1. The molecular weight excluding hydrogens is 380 g/mol. The molecule has 1 amide bonds. The van der Waals surface area contributed by atoms with Crippen molar-refractivity contribution in [1.29, 1.82) is 0 Å². The SMILES string of the molecule is CC1(C)CC(NC(=O)[C@]23CC[C@@](C)(C(=O)[C@@H]2Br)C3(C)C)CC(C)(C)N1. The second kappa shape index (κ2) is 5.31. The average molecular weight is 413 g/mol. The first-order chi connectivity index (χ1) is 11.2. The highest BCUT2D eigenvalue weighted by Crippen LogP contribution is 2.72. The summed E-state index contributed by atoms with van der Waals surface area (Å²) in [5.74, 6) is 0.261. The van der Waals surface area contributed by atoms with Crippen LogP contribution >= 0.6 is 15.9 Å². The number of nitrogens with one attached hydrogen (secondary N) is 2. The van der Waals surface area contributed by atoms with Crippen LogP contribution in [0.25, 0.3) is 0 Å². The van der Waals surface area contributed by atoms with E-state index in [1.54, 1.807) is 0 Å². The Morgan fingerprint density at radius 2 is 1.56 bits per heavy atom. The highest BCUT2D eigenvalue weighted by atomic mass is 79.9. The third-order valence-electron chi connectivity index (χ3n) is 7.65. The molecule has 1 saturated heterocycles. The average Bonchev–Trinajstić information content (AvgIpc) is 2.67. The Morgan fingerprint density at radius 1 is 1.04 bits per heavy atom. The first-order valence-electron chi connectivity index (χ1n) is 9.47. The van der Waals surface area contributed by atoms with Gasteiger partial charge in [-0.1, -0.05) is 36.7 Å². The highest BCUT2D eigenvalue weighted by molar-refractivity contribution is 9.10. The molecule has 5 heteroatoms. The van der Waals surface area contributed by atoms with Crippen molar-refractivity contribution in [2.45, 2.75) is 96.1 Å². The Balaban J connectivity index is 1.88. The fourth-order valence-electron chi connectivity index (χ4n) is 6.19. The van der Waals surface area contributed by atoms with E-state index in [9.17, 15) is 9.59 Å². The molecule has 2 bridgehead atoms. The lowest BCUT2D eigenvalue weighted by molar-refractivity contribution is -0.137. The summed E-state index contributed by atoms with van der Waals surface area (Å²) in [4.78, 5) is 26.0. The van der Waals surface area contributed by atoms with E-state index in [0.29, 0.717) is 0 Å². The van der Waals surface area contributed by atoms with Crippen molar-refractivity contribution in [3.05, 3.63) is 0 Å². The molecule has 4 nitrogen and oxygen atoms in total. The first-order valence-corrected chi connectivity index (χ1v) is 10.4. The summed E-state index contributed by atoms with van der Waals surface area (Å²) in [5, 5.41) is 7.01. The fraction of sp³-hybridized carbons (Fsp3) is 0.900. The van der Waals surface area contributed by atoms with E-state index in [4.69, 9.17) is 0 Å². The monoisotopic (exact) mass is 412 g/mol. The number of alkyl halides is 1. The van der Waals surface area contributed by atoms with Gasteiger partial charge in [0.05, 0.1) is 10.2 Å². The predicted molar refractivity (Wildman–Crippen MR) is 104 cm³/mol. The maximum atomic E-state index is 13.5. The normalized spacial score (nSPS) is 41.8. The third kappa shape index (κ3) is 2.48. The maximum Gasteiger partial charge on any atom is 0.228 e. The van der Waals surface area contributed by atoms with Crippen molar-refractivity contribution < 1.29 is 9.59 Å². The zero-order valence-electron chi connectivity index (χ0n) is 16.7. The molecule has 0 unspecified atom stereocenters. The molecule has 3 rings (SSSR count). The van der Waals surface area contributed by atoms with Crippen LogP contribution in [-0.2, 0) is 9.59 Å². The molecule has 0 radical (unpaired) electrons. The van der Waals surface area contributed by atoms with E-state index in [1.165, 1.54) is 0 Å². The van der Waals surface area contributed by atoms with Crippen LogP contribution < -0.4 is 10.6 Å². The van der Waals surface area contributed by atoms with Crippen LogP contribution in [0.4, 0.5) is 0 Å². The van der Waals surface area contributed by atoms with Crippen LogP contribution in [0.1, 0.15) is 74.1 Å². The van der Waals surface area contributed by atoms with Crippen LogP contribution in [0.5, 0.6) is 0 Å². The van der Waals surface area contributed by atoms with E-state index in [1.807, 2.05) is 6.92 Å². The summed E-state index contributed by atoms with van der Waals surface area (Å²) >= 11 is 3.62.